The second-order valence-electron chi connectivity index (χ2n) is 5.45. The third-order valence-corrected chi connectivity index (χ3v) is 3.84. The highest BCUT2D eigenvalue weighted by Gasteiger charge is 2.26. The zero-order valence-corrected chi connectivity index (χ0v) is 13.7. The zero-order chi connectivity index (χ0) is 17.6. The summed E-state index contributed by atoms with van der Waals surface area (Å²) in [5.41, 5.74) is 2.35. The van der Waals surface area contributed by atoms with Crippen LogP contribution in [0.4, 0.5) is 4.79 Å². The van der Waals surface area contributed by atoms with E-state index in [0.29, 0.717) is 5.56 Å². The van der Waals surface area contributed by atoms with Gasteiger partial charge in [0.05, 0.1) is 7.11 Å². The molecule has 6 nitrogen and oxygen atoms in total. The van der Waals surface area contributed by atoms with E-state index < -0.39 is 18.1 Å². The van der Waals surface area contributed by atoms with E-state index in [-0.39, 0.29) is 6.61 Å². The third kappa shape index (κ3) is 3.80. The number of methoxy groups -OCH3 is 1. The zero-order valence-electron chi connectivity index (χ0n) is 13.7. The quantitative estimate of drug-likeness (QED) is 0.700. The number of fused-ring (bicyclic) bond motifs is 1. The van der Waals surface area contributed by atoms with Gasteiger partial charge in [0.15, 0.2) is 6.04 Å². The fourth-order valence-corrected chi connectivity index (χ4v) is 2.60. The van der Waals surface area contributed by atoms with Gasteiger partial charge in [-0.15, -0.1) is 0 Å². The summed E-state index contributed by atoms with van der Waals surface area (Å²) < 4.78 is 10.0. The lowest BCUT2D eigenvalue weighted by atomic mass is 10.1. The van der Waals surface area contributed by atoms with Gasteiger partial charge in [0.2, 0.25) is 0 Å². The van der Waals surface area contributed by atoms with Crippen LogP contribution in [0.5, 0.6) is 0 Å². The van der Waals surface area contributed by atoms with Gasteiger partial charge in [0, 0.05) is 22.7 Å². The third-order valence-electron chi connectivity index (χ3n) is 3.84. The van der Waals surface area contributed by atoms with E-state index in [2.05, 4.69) is 10.3 Å². The Balaban J connectivity index is 1.75. The van der Waals surface area contributed by atoms with Crippen molar-refractivity contribution in [2.45, 2.75) is 12.6 Å². The molecule has 0 aliphatic heterocycles. The number of alkyl carbamates (subject to hydrolysis) is 1. The van der Waals surface area contributed by atoms with Crippen molar-refractivity contribution in [3.8, 4) is 0 Å². The number of para-hydroxylation sites is 1. The van der Waals surface area contributed by atoms with Crippen molar-refractivity contribution in [2.75, 3.05) is 7.11 Å². The molecule has 1 unspecified atom stereocenters. The van der Waals surface area contributed by atoms with E-state index in [0.717, 1.165) is 16.5 Å². The minimum atomic E-state index is -0.954. The number of H-pyrrole nitrogens is 1. The van der Waals surface area contributed by atoms with E-state index >= 15 is 0 Å². The van der Waals surface area contributed by atoms with E-state index in [1.807, 2.05) is 54.6 Å². The van der Waals surface area contributed by atoms with Crippen molar-refractivity contribution in [1.82, 2.24) is 10.3 Å². The minimum Gasteiger partial charge on any atom is -0.467 e. The van der Waals surface area contributed by atoms with E-state index in [1.165, 1.54) is 7.11 Å². The lowest BCUT2D eigenvalue weighted by molar-refractivity contribution is -0.143. The van der Waals surface area contributed by atoms with Crippen LogP contribution in [0.25, 0.3) is 10.9 Å². The number of carbonyl (C=O) groups is 2. The highest BCUT2D eigenvalue weighted by atomic mass is 16.6. The lowest BCUT2D eigenvalue weighted by Gasteiger charge is -2.16. The number of benzene rings is 2. The number of aromatic nitrogens is 1. The van der Waals surface area contributed by atoms with Gasteiger partial charge in [-0.05, 0) is 11.6 Å². The largest absolute Gasteiger partial charge is 0.467 e. The maximum Gasteiger partial charge on any atom is 0.408 e. The molecule has 0 bridgehead atoms. The van der Waals surface area contributed by atoms with Crippen LogP contribution in [0.3, 0.4) is 0 Å². The first-order chi connectivity index (χ1) is 12.2. The molecule has 6 heteroatoms. The number of carbonyl (C=O) groups excluding carboxylic acids is 2. The summed E-state index contributed by atoms with van der Waals surface area (Å²) in [6, 6.07) is 15.9. The summed E-state index contributed by atoms with van der Waals surface area (Å²) in [4.78, 5) is 27.4. The molecular formula is C19H18N2O4. The van der Waals surface area contributed by atoms with Crippen molar-refractivity contribution in [1.29, 1.82) is 0 Å². The number of ether oxygens (including phenoxy) is 2. The average molecular weight is 338 g/mol. The molecule has 0 saturated heterocycles. The summed E-state index contributed by atoms with van der Waals surface area (Å²) in [6.07, 6.45) is 0.994. The van der Waals surface area contributed by atoms with Crippen LogP contribution in [0.2, 0.25) is 0 Å². The van der Waals surface area contributed by atoms with Crippen LogP contribution in [0, 0.1) is 0 Å². The molecule has 2 N–H and O–H groups in total. The number of nitrogens with one attached hydrogen (secondary N) is 2. The Bertz CT molecular complexity index is 873. The van der Waals surface area contributed by atoms with Crippen LogP contribution in [0.1, 0.15) is 17.2 Å². The van der Waals surface area contributed by atoms with E-state index in [4.69, 9.17) is 9.47 Å². The van der Waals surface area contributed by atoms with Crippen LogP contribution in [0.15, 0.2) is 60.8 Å². The molecule has 1 amide bonds. The summed E-state index contributed by atoms with van der Waals surface area (Å²) in [7, 11) is 1.28. The van der Waals surface area contributed by atoms with E-state index in [1.54, 1.807) is 6.20 Å². The Morgan fingerprint density at radius 1 is 1.08 bits per heavy atom. The first-order valence-corrected chi connectivity index (χ1v) is 7.80. The van der Waals surface area contributed by atoms with Crippen molar-refractivity contribution in [3.05, 3.63) is 71.9 Å². The van der Waals surface area contributed by atoms with Crippen LogP contribution < -0.4 is 5.32 Å². The van der Waals surface area contributed by atoms with Gasteiger partial charge in [0.25, 0.3) is 0 Å². The molecule has 0 saturated carbocycles. The van der Waals surface area contributed by atoms with Crippen LogP contribution in [-0.2, 0) is 20.9 Å². The maximum absolute atomic E-state index is 12.2. The van der Waals surface area contributed by atoms with Crippen LogP contribution >= 0.6 is 0 Å². The van der Waals surface area contributed by atoms with E-state index in [9.17, 15) is 9.59 Å². The molecule has 1 heterocycles. The molecule has 0 spiro atoms. The van der Waals surface area contributed by atoms with Gasteiger partial charge < -0.3 is 19.8 Å². The number of hydrogen-bond acceptors (Lipinski definition) is 4. The molecule has 2 aromatic carbocycles. The number of hydrogen-bond donors (Lipinski definition) is 2. The predicted molar refractivity (Wildman–Crippen MR) is 92.8 cm³/mol. The Morgan fingerprint density at radius 2 is 1.80 bits per heavy atom. The second-order valence-corrected chi connectivity index (χ2v) is 5.45. The molecule has 1 atom stereocenters. The molecule has 0 radical (unpaired) electrons. The van der Waals surface area contributed by atoms with Crippen molar-refractivity contribution in [3.63, 3.8) is 0 Å². The molecular weight excluding hydrogens is 320 g/mol. The first-order valence-electron chi connectivity index (χ1n) is 7.80. The Hall–Kier alpha value is -3.28. The molecule has 128 valence electrons. The summed E-state index contributed by atoms with van der Waals surface area (Å²) >= 11 is 0. The van der Waals surface area contributed by atoms with Crippen molar-refractivity contribution in [2.24, 2.45) is 0 Å². The van der Waals surface area contributed by atoms with Gasteiger partial charge in [-0.2, -0.15) is 0 Å². The summed E-state index contributed by atoms with van der Waals surface area (Å²) in [5, 5.41) is 3.41. The number of aromatic amines is 1. The summed E-state index contributed by atoms with van der Waals surface area (Å²) in [5.74, 6) is -0.568. The Labute approximate surface area is 144 Å². The monoisotopic (exact) mass is 338 g/mol. The summed E-state index contributed by atoms with van der Waals surface area (Å²) in [6.45, 7) is 0.119. The first kappa shape index (κ1) is 16.6. The van der Waals surface area contributed by atoms with Crippen molar-refractivity contribution >= 4 is 23.0 Å². The lowest BCUT2D eigenvalue weighted by Crippen LogP contribution is -2.34. The molecule has 3 aromatic rings. The molecule has 0 aliphatic carbocycles. The Morgan fingerprint density at radius 3 is 2.56 bits per heavy atom. The number of esters is 1. The molecule has 3 rings (SSSR count). The molecule has 25 heavy (non-hydrogen) atoms. The molecule has 1 aromatic heterocycles. The number of rotatable bonds is 5. The van der Waals surface area contributed by atoms with Gasteiger partial charge in [-0.25, -0.2) is 9.59 Å². The fraction of sp³-hybridized carbons (Fsp3) is 0.158. The standard InChI is InChI=1S/C19H18N2O4/c1-24-18(22)17(15-11-20-16-10-6-5-9-14(15)16)21-19(23)25-12-13-7-3-2-4-8-13/h2-11,17,20H,12H2,1H3,(H,21,23). The van der Waals surface area contributed by atoms with Gasteiger partial charge in [0.1, 0.15) is 6.61 Å². The van der Waals surface area contributed by atoms with Gasteiger partial charge in [-0.1, -0.05) is 48.5 Å². The Kier molecular flexibility index (Phi) is 4.99. The maximum atomic E-state index is 12.2. The van der Waals surface area contributed by atoms with Gasteiger partial charge in [-0.3, -0.25) is 0 Å². The highest BCUT2D eigenvalue weighted by Crippen LogP contribution is 2.25. The molecule has 0 aliphatic rings. The predicted octanol–water partition coefficient (Wildman–Crippen LogP) is 3.31. The number of amides is 1. The average Bonchev–Trinajstić information content (AvgIpc) is 3.08. The SMILES string of the molecule is COC(=O)C(NC(=O)OCc1ccccc1)c1c[nH]c2ccccc12. The van der Waals surface area contributed by atoms with Gasteiger partial charge >= 0.3 is 12.1 Å². The normalized spacial score (nSPS) is 11.7. The second kappa shape index (κ2) is 7.53. The van der Waals surface area contributed by atoms with Crippen LogP contribution in [-0.4, -0.2) is 24.2 Å². The molecule has 0 fully saturated rings. The van der Waals surface area contributed by atoms with Crippen molar-refractivity contribution < 1.29 is 19.1 Å². The smallest absolute Gasteiger partial charge is 0.408 e. The highest BCUT2D eigenvalue weighted by molar-refractivity contribution is 5.91. The topological polar surface area (TPSA) is 80.4 Å². The minimum absolute atomic E-state index is 0.119. The fourth-order valence-electron chi connectivity index (χ4n) is 2.60.